The molecule has 4 heteroatoms. The molecule has 10 aromatic carbocycles. The Morgan fingerprint density at radius 2 is 1.05 bits per heavy atom. The fraction of sp³-hybridized carbons (Fsp3) is 0.0323. The van der Waals surface area contributed by atoms with Crippen LogP contribution in [0.5, 0.6) is 0 Å². The van der Waals surface area contributed by atoms with E-state index in [0.717, 1.165) is 33.8 Å². The van der Waals surface area contributed by atoms with Crippen molar-refractivity contribution >= 4 is 71.5 Å². The number of rotatable bonds is 5. The Kier molecular flexibility index (Phi) is 8.07. The summed E-state index contributed by atoms with van der Waals surface area (Å²) in [5, 5.41) is 8.49. The van der Waals surface area contributed by atoms with Gasteiger partial charge in [0, 0.05) is 44.4 Å². The first-order chi connectivity index (χ1) is 32.7. The van der Waals surface area contributed by atoms with E-state index in [2.05, 4.69) is 240 Å². The Morgan fingerprint density at radius 1 is 0.409 bits per heavy atom. The first kappa shape index (κ1) is 36.8. The predicted molar refractivity (Wildman–Crippen MR) is 274 cm³/mol. The summed E-state index contributed by atoms with van der Waals surface area (Å²) >= 11 is 0. The highest BCUT2D eigenvalue weighted by atomic mass is 15.3. The number of para-hydroxylation sites is 4. The Bertz CT molecular complexity index is 3960. The zero-order valence-electron chi connectivity index (χ0n) is 35.9. The molecule has 14 rings (SSSR count). The van der Waals surface area contributed by atoms with Gasteiger partial charge >= 0.3 is 0 Å². The van der Waals surface area contributed by atoms with E-state index < -0.39 is 0 Å². The fourth-order valence-electron chi connectivity index (χ4n) is 11.2. The molecule has 3 heterocycles. The van der Waals surface area contributed by atoms with Crippen LogP contribution in [0.1, 0.15) is 34.2 Å². The lowest BCUT2D eigenvalue weighted by Gasteiger charge is -2.34. The molecule has 1 aliphatic heterocycles. The van der Waals surface area contributed by atoms with Crippen LogP contribution in [0.3, 0.4) is 0 Å². The van der Waals surface area contributed by atoms with Crippen molar-refractivity contribution in [3.05, 3.63) is 253 Å². The number of aromatic nitrogens is 3. The quantitative estimate of drug-likeness (QED) is 0.173. The zero-order chi connectivity index (χ0) is 43.3. The highest BCUT2D eigenvalue weighted by Crippen LogP contribution is 2.57. The summed E-state index contributed by atoms with van der Waals surface area (Å²) in [4.78, 5) is 13.1. The van der Waals surface area contributed by atoms with Crippen molar-refractivity contribution < 1.29 is 0 Å². The van der Waals surface area contributed by atoms with Gasteiger partial charge in [-0.05, 0) is 104 Å². The number of benzene rings is 10. The molecular formula is C62H40N4. The molecule has 4 nitrogen and oxygen atoms in total. The summed E-state index contributed by atoms with van der Waals surface area (Å²) in [5.74, 6) is 0.810. The normalized spacial score (nSPS) is 15.3. The van der Waals surface area contributed by atoms with E-state index in [1.807, 2.05) is 0 Å². The predicted octanol–water partition coefficient (Wildman–Crippen LogP) is 15.8. The van der Waals surface area contributed by atoms with E-state index in [-0.39, 0.29) is 12.0 Å². The molecule has 66 heavy (non-hydrogen) atoms. The molecule has 12 aromatic rings. The average Bonchev–Trinajstić information content (AvgIpc) is 3.91. The van der Waals surface area contributed by atoms with E-state index in [0.29, 0.717) is 0 Å². The summed E-state index contributed by atoms with van der Waals surface area (Å²) in [6.45, 7) is 0. The van der Waals surface area contributed by atoms with Gasteiger partial charge in [-0.1, -0.05) is 182 Å². The maximum Gasteiger partial charge on any atom is 0.231 e. The topological polar surface area (TPSA) is 34.0 Å². The first-order valence-electron chi connectivity index (χ1n) is 22.8. The molecule has 0 saturated carbocycles. The maximum absolute atomic E-state index is 5.41. The van der Waals surface area contributed by atoms with Crippen LogP contribution < -0.4 is 4.90 Å². The van der Waals surface area contributed by atoms with Crippen LogP contribution in [0.15, 0.2) is 231 Å². The molecule has 2 atom stereocenters. The van der Waals surface area contributed by atoms with Gasteiger partial charge in [0.25, 0.3) is 0 Å². The SMILES string of the molecule is C1=C(c2ccc3cc(-c4cc5c6ccccc6n(-c6ccccc6)c5c5ccccc45)ccc3c2)c2ccccc2C2C1c1ccccc1N2c1nc(-c2ccccc2)c2ccccc2n1. The van der Waals surface area contributed by atoms with Gasteiger partial charge in [-0.3, -0.25) is 0 Å². The largest absolute Gasteiger partial charge is 0.309 e. The molecular weight excluding hydrogens is 801 g/mol. The van der Waals surface area contributed by atoms with Crippen molar-refractivity contribution in [2.45, 2.75) is 12.0 Å². The van der Waals surface area contributed by atoms with Crippen molar-refractivity contribution in [1.82, 2.24) is 14.5 Å². The van der Waals surface area contributed by atoms with Gasteiger partial charge in [-0.15, -0.1) is 0 Å². The number of hydrogen-bond acceptors (Lipinski definition) is 3. The second-order valence-electron chi connectivity index (χ2n) is 17.7. The van der Waals surface area contributed by atoms with Crippen molar-refractivity contribution in [2.24, 2.45) is 0 Å². The average molecular weight is 841 g/mol. The van der Waals surface area contributed by atoms with Gasteiger partial charge in [-0.25, -0.2) is 9.97 Å². The molecule has 0 saturated heterocycles. The van der Waals surface area contributed by atoms with Gasteiger partial charge in [0.2, 0.25) is 5.95 Å². The van der Waals surface area contributed by atoms with Gasteiger partial charge in [0.1, 0.15) is 0 Å². The lowest BCUT2D eigenvalue weighted by atomic mass is 9.77. The Balaban J connectivity index is 0.891. The van der Waals surface area contributed by atoms with Crippen LogP contribution in [0.25, 0.3) is 87.9 Å². The molecule has 0 N–H and O–H groups in total. The molecule has 0 spiro atoms. The van der Waals surface area contributed by atoms with Crippen molar-refractivity contribution in [3.63, 3.8) is 0 Å². The number of fused-ring (bicyclic) bond motifs is 12. The minimum Gasteiger partial charge on any atom is -0.309 e. The number of hydrogen-bond donors (Lipinski definition) is 0. The van der Waals surface area contributed by atoms with Crippen molar-refractivity contribution in [1.29, 1.82) is 0 Å². The smallest absolute Gasteiger partial charge is 0.231 e. The minimum atomic E-state index is -0.0102. The Morgan fingerprint density at radius 3 is 1.88 bits per heavy atom. The molecule has 2 unspecified atom stereocenters. The van der Waals surface area contributed by atoms with Crippen LogP contribution in [-0.4, -0.2) is 14.5 Å². The van der Waals surface area contributed by atoms with Crippen LogP contribution in [0.2, 0.25) is 0 Å². The highest BCUT2D eigenvalue weighted by Gasteiger charge is 2.44. The fourth-order valence-corrected chi connectivity index (χ4v) is 11.2. The number of anilines is 2. The van der Waals surface area contributed by atoms with Crippen molar-refractivity contribution in [3.8, 4) is 28.1 Å². The summed E-state index contributed by atoms with van der Waals surface area (Å²) in [5.41, 5.74) is 16.5. The third kappa shape index (κ3) is 5.52. The summed E-state index contributed by atoms with van der Waals surface area (Å²) < 4.78 is 2.43. The molecule has 0 amide bonds. The first-order valence-corrected chi connectivity index (χ1v) is 22.8. The minimum absolute atomic E-state index is 0.0102. The van der Waals surface area contributed by atoms with Crippen LogP contribution in [0, 0.1) is 0 Å². The molecule has 308 valence electrons. The van der Waals surface area contributed by atoms with Crippen LogP contribution in [-0.2, 0) is 0 Å². The molecule has 0 bridgehead atoms. The van der Waals surface area contributed by atoms with E-state index in [9.17, 15) is 0 Å². The third-order valence-corrected chi connectivity index (χ3v) is 14.1. The van der Waals surface area contributed by atoms with Crippen LogP contribution >= 0.6 is 0 Å². The third-order valence-electron chi connectivity index (χ3n) is 14.1. The summed E-state index contributed by atoms with van der Waals surface area (Å²) in [7, 11) is 0. The van der Waals surface area contributed by atoms with E-state index in [1.165, 1.54) is 88.0 Å². The maximum atomic E-state index is 5.41. The standard InChI is InChI=1S/C62H40N4/c1-3-17-39(18-4-1)59-51-27-11-14-28-56(51)63-62(64-59)66-58-30-16-13-24-48(58)55-38-53(46-22-8-10-26-50(46)61(55)66)43-34-32-40-35-42(33-31-41(40)36-43)52-37-54-47-23-12-15-29-57(47)65(44-19-5-2-6-20-44)60(54)49-25-9-7-21-45(49)52/h1-38,55,61H. The summed E-state index contributed by atoms with van der Waals surface area (Å²) in [6.07, 6.45) is 2.51. The van der Waals surface area contributed by atoms with Crippen LogP contribution in [0.4, 0.5) is 11.6 Å². The lowest BCUT2D eigenvalue weighted by Crippen LogP contribution is -2.26. The van der Waals surface area contributed by atoms with Gasteiger partial charge in [0.05, 0.1) is 28.3 Å². The van der Waals surface area contributed by atoms with E-state index in [1.54, 1.807) is 0 Å². The van der Waals surface area contributed by atoms with E-state index >= 15 is 0 Å². The molecule has 1 aliphatic carbocycles. The van der Waals surface area contributed by atoms with Crippen molar-refractivity contribution in [2.75, 3.05) is 4.90 Å². The second-order valence-corrected chi connectivity index (χ2v) is 17.7. The van der Waals surface area contributed by atoms with E-state index in [4.69, 9.17) is 9.97 Å². The second kappa shape index (κ2) is 14.5. The number of nitrogens with zero attached hydrogens (tertiary/aromatic N) is 4. The Hall–Kier alpha value is -8.60. The molecule has 0 radical (unpaired) electrons. The van der Waals surface area contributed by atoms with Gasteiger partial charge < -0.3 is 9.47 Å². The molecule has 0 fully saturated rings. The zero-order valence-corrected chi connectivity index (χ0v) is 35.9. The monoisotopic (exact) mass is 840 g/mol. The molecule has 2 aromatic heterocycles. The van der Waals surface area contributed by atoms with Gasteiger partial charge in [0.15, 0.2) is 0 Å². The summed E-state index contributed by atoms with van der Waals surface area (Å²) in [6, 6.07) is 81.5. The highest BCUT2D eigenvalue weighted by molar-refractivity contribution is 6.22. The van der Waals surface area contributed by atoms with Gasteiger partial charge in [-0.2, -0.15) is 0 Å². The molecule has 2 aliphatic rings. The Labute approximate surface area is 382 Å². The lowest BCUT2D eigenvalue weighted by molar-refractivity contribution is 0.654.